The summed E-state index contributed by atoms with van der Waals surface area (Å²) >= 11 is 0. The molecule has 0 aromatic heterocycles. The summed E-state index contributed by atoms with van der Waals surface area (Å²) in [6, 6.07) is 3.28. The fraction of sp³-hybridized carbons (Fsp3) is 0.600. The molecule has 0 bridgehead atoms. The maximum atomic E-state index is 10.9. The zero-order chi connectivity index (χ0) is 16.2. The van der Waals surface area contributed by atoms with Crippen LogP contribution in [0.1, 0.15) is 56.1 Å². The molecule has 4 rings (SSSR count). The Morgan fingerprint density at radius 3 is 2.70 bits per heavy atom. The van der Waals surface area contributed by atoms with Gasteiger partial charge < -0.3 is 15.3 Å². The molecule has 3 heteroatoms. The number of benzene rings is 1. The Morgan fingerprint density at radius 2 is 1.91 bits per heavy atom. The molecule has 0 heterocycles. The predicted octanol–water partition coefficient (Wildman–Crippen LogP) is 3.32. The Balaban J connectivity index is 1.69. The van der Waals surface area contributed by atoms with Crippen LogP contribution in [0.15, 0.2) is 12.1 Å². The van der Waals surface area contributed by atoms with Crippen LogP contribution in [0.2, 0.25) is 0 Å². The topological polar surface area (TPSA) is 60.7 Å². The van der Waals surface area contributed by atoms with Crippen molar-refractivity contribution < 1.29 is 15.3 Å². The highest BCUT2D eigenvalue weighted by Crippen LogP contribution is 2.59. The van der Waals surface area contributed by atoms with Crippen molar-refractivity contribution in [3.05, 3.63) is 23.3 Å². The fourth-order valence-electron chi connectivity index (χ4n) is 5.75. The van der Waals surface area contributed by atoms with Crippen LogP contribution >= 0.6 is 0 Å². The lowest BCUT2D eigenvalue weighted by molar-refractivity contribution is 0.00905. The van der Waals surface area contributed by atoms with Crippen molar-refractivity contribution in [2.24, 2.45) is 17.8 Å². The maximum Gasteiger partial charge on any atom is 0.128 e. The lowest BCUT2D eigenvalue weighted by Crippen LogP contribution is -2.41. The molecule has 2 saturated carbocycles. The zero-order valence-electron chi connectivity index (χ0n) is 13.5. The van der Waals surface area contributed by atoms with Gasteiger partial charge in [-0.25, -0.2) is 0 Å². The molecule has 3 aliphatic rings. The summed E-state index contributed by atoms with van der Waals surface area (Å²) in [7, 11) is 0. The van der Waals surface area contributed by atoms with Crippen LogP contribution in [0.3, 0.4) is 0 Å². The summed E-state index contributed by atoms with van der Waals surface area (Å²) in [5, 5.41) is 31.0. The van der Waals surface area contributed by atoms with Gasteiger partial charge in [0, 0.05) is 17.5 Å². The van der Waals surface area contributed by atoms with Crippen LogP contribution in [0.25, 0.3) is 0 Å². The lowest BCUT2D eigenvalue weighted by atomic mass is 9.59. The molecule has 0 spiro atoms. The van der Waals surface area contributed by atoms with Crippen LogP contribution in [0, 0.1) is 29.6 Å². The van der Waals surface area contributed by atoms with Gasteiger partial charge in [-0.05, 0) is 74.8 Å². The third-order valence-corrected chi connectivity index (χ3v) is 6.53. The van der Waals surface area contributed by atoms with Gasteiger partial charge in [0.05, 0.1) is 0 Å². The van der Waals surface area contributed by atoms with E-state index >= 15 is 0 Å². The number of aryl methyl sites for hydroxylation is 1. The average molecular weight is 312 g/mol. The van der Waals surface area contributed by atoms with Gasteiger partial charge in [0.25, 0.3) is 0 Å². The van der Waals surface area contributed by atoms with E-state index in [1.54, 1.807) is 6.92 Å². The van der Waals surface area contributed by atoms with Gasteiger partial charge in [0.2, 0.25) is 0 Å². The van der Waals surface area contributed by atoms with Crippen molar-refractivity contribution >= 4 is 0 Å². The first kappa shape index (κ1) is 14.9. The summed E-state index contributed by atoms with van der Waals surface area (Å²) in [6.45, 7) is 1.80. The number of aromatic hydroxyl groups is 2. The number of aliphatic hydroxyl groups is 1. The Kier molecular flexibility index (Phi) is 3.35. The molecule has 0 unspecified atom stereocenters. The molecule has 2 fully saturated rings. The minimum atomic E-state index is -0.804. The monoisotopic (exact) mass is 312 g/mol. The quantitative estimate of drug-likeness (QED) is 0.644. The molecular weight excluding hydrogens is 288 g/mol. The normalized spacial score (nSPS) is 38.0. The van der Waals surface area contributed by atoms with Crippen molar-refractivity contribution in [3.8, 4) is 23.3 Å². The number of phenols is 2. The molecule has 0 saturated heterocycles. The van der Waals surface area contributed by atoms with Gasteiger partial charge in [-0.3, -0.25) is 0 Å². The SMILES string of the molecule is CC#C[C@]1(O)CC[C@H]2[C@@H]3CCc4cc(O)cc(O)c4[C@H]3CC[C@@H]21. The minimum absolute atomic E-state index is 0.154. The van der Waals surface area contributed by atoms with E-state index in [0.29, 0.717) is 17.8 Å². The number of fused-ring (bicyclic) bond motifs is 5. The van der Waals surface area contributed by atoms with Gasteiger partial charge >= 0.3 is 0 Å². The third kappa shape index (κ3) is 2.16. The molecule has 0 radical (unpaired) electrons. The Morgan fingerprint density at radius 1 is 1.09 bits per heavy atom. The van der Waals surface area contributed by atoms with Crippen LogP contribution in [-0.4, -0.2) is 20.9 Å². The molecule has 23 heavy (non-hydrogen) atoms. The third-order valence-electron chi connectivity index (χ3n) is 6.53. The van der Waals surface area contributed by atoms with Crippen molar-refractivity contribution in [1.82, 2.24) is 0 Å². The molecule has 1 aromatic rings. The second kappa shape index (κ2) is 5.18. The number of rotatable bonds is 0. The molecule has 3 aliphatic carbocycles. The standard InChI is InChI=1S/C20H24O3/c1-2-8-20(23)9-7-15-14-4-3-12-10-13(21)11-18(22)19(12)16(14)5-6-17(15)20/h10-11,14-17,21-23H,3-7,9H2,1H3/t14-,15-,16-,17-,20-/m0/s1. The van der Waals surface area contributed by atoms with Gasteiger partial charge in [-0.15, -0.1) is 5.92 Å². The zero-order valence-corrected chi connectivity index (χ0v) is 13.5. The van der Waals surface area contributed by atoms with Crippen molar-refractivity contribution in [1.29, 1.82) is 0 Å². The number of hydrogen-bond acceptors (Lipinski definition) is 3. The second-order valence-electron chi connectivity index (χ2n) is 7.53. The van der Waals surface area contributed by atoms with E-state index in [9.17, 15) is 15.3 Å². The summed E-state index contributed by atoms with van der Waals surface area (Å²) < 4.78 is 0. The lowest BCUT2D eigenvalue weighted by Gasteiger charge is -2.46. The molecule has 1 aromatic carbocycles. The Hall–Kier alpha value is -1.66. The summed E-state index contributed by atoms with van der Waals surface area (Å²) in [5.41, 5.74) is 1.35. The molecule has 122 valence electrons. The van der Waals surface area contributed by atoms with E-state index in [0.717, 1.165) is 49.7 Å². The van der Waals surface area contributed by atoms with Crippen LogP contribution in [0.4, 0.5) is 0 Å². The molecule has 3 nitrogen and oxygen atoms in total. The van der Waals surface area contributed by atoms with Crippen molar-refractivity contribution in [2.45, 2.75) is 57.0 Å². The van der Waals surface area contributed by atoms with Crippen LogP contribution in [-0.2, 0) is 6.42 Å². The van der Waals surface area contributed by atoms with Gasteiger partial charge in [0.15, 0.2) is 0 Å². The molecule has 3 N–H and O–H groups in total. The summed E-state index contributed by atoms with van der Waals surface area (Å²) in [5.74, 6) is 8.05. The molecule has 0 aliphatic heterocycles. The van der Waals surface area contributed by atoms with E-state index in [-0.39, 0.29) is 17.4 Å². The largest absolute Gasteiger partial charge is 0.508 e. The number of phenolic OH excluding ortho intramolecular Hbond substituents is 2. The minimum Gasteiger partial charge on any atom is -0.508 e. The van der Waals surface area contributed by atoms with Crippen LogP contribution in [0.5, 0.6) is 11.5 Å². The number of hydrogen-bond donors (Lipinski definition) is 3. The van der Waals surface area contributed by atoms with E-state index in [1.165, 1.54) is 6.07 Å². The highest BCUT2D eigenvalue weighted by molar-refractivity contribution is 5.49. The maximum absolute atomic E-state index is 10.9. The van der Waals surface area contributed by atoms with Crippen molar-refractivity contribution in [3.63, 3.8) is 0 Å². The first-order chi connectivity index (χ1) is 11.0. The fourth-order valence-corrected chi connectivity index (χ4v) is 5.75. The first-order valence-electron chi connectivity index (χ1n) is 8.74. The second-order valence-corrected chi connectivity index (χ2v) is 7.53. The highest BCUT2D eigenvalue weighted by Gasteiger charge is 2.53. The Labute approximate surface area is 137 Å². The highest BCUT2D eigenvalue weighted by atomic mass is 16.3. The van der Waals surface area contributed by atoms with Gasteiger partial charge in [0.1, 0.15) is 17.1 Å². The van der Waals surface area contributed by atoms with E-state index in [4.69, 9.17) is 0 Å². The van der Waals surface area contributed by atoms with Crippen LogP contribution < -0.4 is 0 Å². The van der Waals surface area contributed by atoms with Crippen molar-refractivity contribution in [2.75, 3.05) is 0 Å². The van der Waals surface area contributed by atoms with Gasteiger partial charge in [-0.2, -0.15) is 0 Å². The Bertz CT molecular complexity index is 699. The predicted molar refractivity (Wildman–Crippen MR) is 88.2 cm³/mol. The van der Waals surface area contributed by atoms with E-state index < -0.39 is 5.60 Å². The van der Waals surface area contributed by atoms with Gasteiger partial charge in [-0.1, -0.05) is 5.92 Å². The van der Waals surface area contributed by atoms with E-state index in [2.05, 4.69) is 11.8 Å². The summed E-state index contributed by atoms with van der Waals surface area (Å²) in [6.07, 6.45) is 5.75. The average Bonchev–Trinajstić information content (AvgIpc) is 2.84. The summed E-state index contributed by atoms with van der Waals surface area (Å²) in [4.78, 5) is 0. The molecular formula is C20H24O3. The first-order valence-corrected chi connectivity index (χ1v) is 8.74. The van der Waals surface area contributed by atoms with E-state index in [1.807, 2.05) is 6.07 Å². The molecule has 0 amide bonds. The molecule has 5 atom stereocenters. The smallest absolute Gasteiger partial charge is 0.128 e.